The summed E-state index contributed by atoms with van der Waals surface area (Å²) in [7, 11) is -0.981. The number of hydrogen-bond donors (Lipinski definition) is 2. The fourth-order valence-electron chi connectivity index (χ4n) is 2.26. The number of aliphatic carboxylic acids is 1. The third-order valence-electron chi connectivity index (χ3n) is 3.67. The number of hydrogen-bond acceptors (Lipinski definition) is 3. The Morgan fingerprint density at radius 3 is 2.39 bits per heavy atom. The Bertz CT molecular complexity index is 350. The second-order valence-electron chi connectivity index (χ2n) is 5.08. The number of carbonyl (C=O) groups is 2. The topological polar surface area (TPSA) is 83.5 Å². The largest absolute Gasteiger partial charge is 0.481 e. The van der Waals surface area contributed by atoms with Crippen molar-refractivity contribution >= 4 is 22.7 Å². The summed E-state index contributed by atoms with van der Waals surface area (Å²) in [5, 5.41) is 11.8. The molecule has 6 heteroatoms. The van der Waals surface area contributed by atoms with Crippen molar-refractivity contribution in [3.63, 3.8) is 0 Å². The van der Waals surface area contributed by atoms with E-state index in [0.717, 1.165) is 12.8 Å². The van der Waals surface area contributed by atoms with Crippen molar-refractivity contribution in [3.8, 4) is 0 Å². The molecule has 0 saturated heterocycles. The first kappa shape index (κ1) is 15.1. The van der Waals surface area contributed by atoms with Crippen LogP contribution in [0, 0.1) is 5.41 Å². The van der Waals surface area contributed by atoms with Crippen molar-refractivity contribution in [2.24, 2.45) is 5.41 Å². The molecule has 1 fully saturated rings. The fourth-order valence-corrected chi connectivity index (χ4v) is 2.58. The highest BCUT2D eigenvalue weighted by molar-refractivity contribution is 7.84. The molecule has 5 nitrogen and oxygen atoms in total. The van der Waals surface area contributed by atoms with E-state index >= 15 is 0 Å². The second-order valence-corrected chi connectivity index (χ2v) is 6.88. The maximum atomic E-state index is 11.8. The van der Waals surface area contributed by atoms with Gasteiger partial charge in [-0.2, -0.15) is 0 Å². The van der Waals surface area contributed by atoms with E-state index in [-0.39, 0.29) is 17.6 Å². The van der Waals surface area contributed by atoms with Crippen LogP contribution in [0.25, 0.3) is 0 Å². The van der Waals surface area contributed by atoms with Crippen LogP contribution in [0.3, 0.4) is 0 Å². The van der Waals surface area contributed by atoms with E-state index in [1.807, 2.05) is 0 Å². The molecule has 1 aliphatic rings. The highest BCUT2D eigenvalue weighted by atomic mass is 32.2. The molecular weight excluding hydrogens is 254 g/mol. The summed E-state index contributed by atoms with van der Waals surface area (Å²) in [4.78, 5) is 23.0. The van der Waals surface area contributed by atoms with Crippen LogP contribution in [-0.4, -0.2) is 39.2 Å². The van der Waals surface area contributed by atoms with E-state index in [9.17, 15) is 18.9 Å². The molecule has 0 aromatic carbocycles. The standard InChI is InChI=1S/C12H21NO4S/c1-9(18(2)17)8-13-10(14)7-12(11(15)16)5-3-4-6-12/h9H,3-8H2,1-2H3,(H,13,14)(H,15,16). The normalized spacial score (nSPS) is 21.2. The highest BCUT2D eigenvalue weighted by Crippen LogP contribution is 2.41. The number of carboxylic acids is 1. The molecule has 1 rings (SSSR count). The van der Waals surface area contributed by atoms with Gasteiger partial charge in [0.2, 0.25) is 5.91 Å². The van der Waals surface area contributed by atoms with Crippen molar-refractivity contribution in [2.75, 3.05) is 12.8 Å². The molecule has 104 valence electrons. The van der Waals surface area contributed by atoms with Crippen LogP contribution in [-0.2, 0) is 20.4 Å². The maximum Gasteiger partial charge on any atom is 0.310 e. The lowest BCUT2D eigenvalue weighted by Gasteiger charge is -2.23. The molecule has 0 aliphatic heterocycles. The van der Waals surface area contributed by atoms with Gasteiger partial charge in [-0.1, -0.05) is 12.8 Å². The van der Waals surface area contributed by atoms with Crippen LogP contribution >= 0.6 is 0 Å². The minimum atomic E-state index is -0.981. The molecule has 2 atom stereocenters. The molecule has 18 heavy (non-hydrogen) atoms. The average Bonchev–Trinajstić information content (AvgIpc) is 2.75. The summed E-state index contributed by atoms with van der Waals surface area (Å²) in [5.74, 6) is -1.13. The van der Waals surface area contributed by atoms with E-state index < -0.39 is 22.2 Å². The molecule has 1 aliphatic carbocycles. The van der Waals surface area contributed by atoms with Gasteiger partial charge in [-0.05, 0) is 19.8 Å². The molecule has 2 N–H and O–H groups in total. The maximum absolute atomic E-state index is 11.8. The molecule has 0 radical (unpaired) electrons. The summed E-state index contributed by atoms with van der Waals surface area (Å²) < 4.78 is 11.1. The van der Waals surface area contributed by atoms with Gasteiger partial charge in [-0.25, -0.2) is 0 Å². The molecular formula is C12H21NO4S. The van der Waals surface area contributed by atoms with Gasteiger partial charge in [0.15, 0.2) is 0 Å². The molecule has 0 bridgehead atoms. The molecule has 0 heterocycles. The Kier molecular flexibility index (Phi) is 5.31. The number of nitrogens with one attached hydrogen (secondary N) is 1. The van der Waals surface area contributed by atoms with Crippen molar-refractivity contribution in [3.05, 3.63) is 0 Å². The van der Waals surface area contributed by atoms with E-state index in [4.69, 9.17) is 0 Å². The van der Waals surface area contributed by atoms with Crippen LogP contribution in [0.15, 0.2) is 0 Å². The molecule has 0 spiro atoms. The minimum Gasteiger partial charge on any atom is -0.481 e. The zero-order valence-corrected chi connectivity index (χ0v) is 11.7. The van der Waals surface area contributed by atoms with Crippen LogP contribution in [0.1, 0.15) is 39.0 Å². The monoisotopic (exact) mass is 275 g/mol. The first-order valence-corrected chi connectivity index (χ1v) is 7.82. The van der Waals surface area contributed by atoms with Gasteiger partial charge in [0.25, 0.3) is 0 Å². The number of amides is 1. The van der Waals surface area contributed by atoms with E-state index in [1.165, 1.54) is 0 Å². The quantitative estimate of drug-likeness (QED) is 0.754. The Morgan fingerprint density at radius 1 is 1.39 bits per heavy atom. The van der Waals surface area contributed by atoms with Crippen LogP contribution in [0.5, 0.6) is 0 Å². The Balaban J connectivity index is 2.48. The van der Waals surface area contributed by atoms with Gasteiger partial charge in [-0.3, -0.25) is 13.8 Å². The molecule has 0 aromatic rings. The summed E-state index contributed by atoms with van der Waals surface area (Å²) >= 11 is 0. The second kappa shape index (κ2) is 6.31. The van der Waals surface area contributed by atoms with E-state index in [1.54, 1.807) is 13.2 Å². The molecule has 2 unspecified atom stereocenters. The molecule has 0 aromatic heterocycles. The van der Waals surface area contributed by atoms with Gasteiger partial charge in [0, 0.05) is 35.3 Å². The smallest absolute Gasteiger partial charge is 0.310 e. The third kappa shape index (κ3) is 3.80. The van der Waals surface area contributed by atoms with Crippen molar-refractivity contribution in [1.29, 1.82) is 0 Å². The van der Waals surface area contributed by atoms with Crippen LogP contribution < -0.4 is 5.32 Å². The lowest BCUT2D eigenvalue weighted by Crippen LogP contribution is -2.38. The highest BCUT2D eigenvalue weighted by Gasteiger charge is 2.42. The number of carbonyl (C=O) groups excluding carboxylic acids is 1. The van der Waals surface area contributed by atoms with Gasteiger partial charge in [0.1, 0.15) is 0 Å². The molecule has 1 amide bonds. The fraction of sp³-hybridized carbons (Fsp3) is 0.833. The van der Waals surface area contributed by atoms with Gasteiger partial charge in [0.05, 0.1) is 5.41 Å². The van der Waals surface area contributed by atoms with Gasteiger partial charge in [-0.15, -0.1) is 0 Å². The van der Waals surface area contributed by atoms with Gasteiger partial charge >= 0.3 is 5.97 Å². The predicted octanol–water partition coefficient (Wildman–Crippen LogP) is 0.905. The van der Waals surface area contributed by atoms with Gasteiger partial charge < -0.3 is 10.4 Å². The molecule has 1 saturated carbocycles. The third-order valence-corrected chi connectivity index (χ3v) is 4.97. The average molecular weight is 275 g/mol. The van der Waals surface area contributed by atoms with Crippen molar-refractivity contribution < 1.29 is 18.9 Å². The van der Waals surface area contributed by atoms with Crippen LogP contribution in [0.4, 0.5) is 0 Å². The van der Waals surface area contributed by atoms with E-state index in [2.05, 4.69) is 5.32 Å². The number of rotatable bonds is 6. The summed E-state index contributed by atoms with van der Waals surface area (Å²) in [5.41, 5.74) is -0.876. The summed E-state index contributed by atoms with van der Waals surface area (Å²) in [6.45, 7) is 2.12. The Labute approximate surface area is 110 Å². The lowest BCUT2D eigenvalue weighted by molar-refractivity contribution is -0.151. The predicted molar refractivity (Wildman–Crippen MR) is 69.7 cm³/mol. The zero-order valence-electron chi connectivity index (χ0n) is 10.9. The Hall–Kier alpha value is -0.910. The van der Waals surface area contributed by atoms with E-state index in [0.29, 0.717) is 19.4 Å². The summed E-state index contributed by atoms with van der Waals surface area (Å²) in [6.07, 6.45) is 4.51. The van der Waals surface area contributed by atoms with Crippen LogP contribution in [0.2, 0.25) is 0 Å². The summed E-state index contributed by atoms with van der Waals surface area (Å²) in [6, 6.07) is 0. The zero-order chi connectivity index (χ0) is 13.8. The first-order chi connectivity index (χ1) is 8.37. The SMILES string of the molecule is CC(CNC(=O)CC1(C(=O)O)CCCC1)S(C)=O. The lowest BCUT2D eigenvalue weighted by atomic mass is 9.82. The Morgan fingerprint density at radius 2 is 1.94 bits per heavy atom. The number of carboxylic acid groups (broad SMARTS) is 1. The van der Waals surface area contributed by atoms with Crippen molar-refractivity contribution in [1.82, 2.24) is 5.32 Å². The first-order valence-electron chi connectivity index (χ1n) is 6.20. The minimum absolute atomic E-state index is 0.0331. The van der Waals surface area contributed by atoms with Crippen molar-refractivity contribution in [2.45, 2.75) is 44.3 Å².